The molecule has 1 aliphatic rings. The molecule has 3 N–H and O–H groups in total. The van der Waals surface area contributed by atoms with E-state index in [1.807, 2.05) is 6.92 Å². The van der Waals surface area contributed by atoms with Crippen molar-refractivity contribution < 1.29 is 9.53 Å². The molecule has 1 rings (SSSR count). The molecule has 1 amide bonds. The molecule has 0 spiro atoms. The van der Waals surface area contributed by atoms with E-state index in [0.29, 0.717) is 12.5 Å². The smallest absolute Gasteiger partial charge is 0.237 e. The lowest BCUT2D eigenvalue weighted by atomic mass is 9.99. The van der Waals surface area contributed by atoms with Crippen LogP contribution in [0, 0.1) is 5.92 Å². The number of rotatable bonds is 4. The van der Waals surface area contributed by atoms with Gasteiger partial charge in [-0.2, -0.15) is 0 Å². The predicted octanol–water partition coefficient (Wildman–Crippen LogP) is 0.655. The molecule has 4 nitrogen and oxygen atoms in total. The summed E-state index contributed by atoms with van der Waals surface area (Å²) in [7, 11) is 0. The van der Waals surface area contributed by atoms with Gasteiger partial charge in [0, 0.05) is 6.61 Å². The zero-order valence-corrected chi connectivity index (χ0v) is 9.88. The van der Waals surface area contributed by atoms with E-state index in [-0.39, 0.29) is 11.4 Å². The molecule has 1 heterocycles. The fraction of sp³-hybridized carbons (Fsp3) is 0.909. The van der Waals surface area contributed by atoms with Gasteiger partial charge in [0.15, 0.2) is 0 Å². The number of hydrogen-bond acceptors (Lipinski definition) is 3. The van der Waals surface area contributed by atoms with Gasteiger partial charge in [-0.15, -0.1) is 0 Å². The number of nitrogens with two attached hydrogens (primary N) is 1. The normalized spacial score (nSPS) is 28.1. The summed E-state index contributed by atoms with van der Waals surface area (Å²) in [5.41, 5.74) is 5.59. The van der Waals surface area contributed by atoms with E-state index in [1.165, 1.54) is 0 Å². The van der Waals surface area contributed by atoms with E-state index in [2.05, 4.69) is 19.2 Å². The van der Waals surface area contributed by atoms with Gasteiger partial charge in [-0.3, -0.25) is 4.79 Å². The number of hydrogen-bond donors (Lipinski definition) is 2. The van der Waals surface area contributed by atoms with Gasteiger partial charge in [-0.05, 0) is 25.7 Å². The number of carbonyl (C=O) groups is 1. The van der Waals surface area contributed by atoms with E-state index >= 15 is 0 Å². The van der Waals surface area contributed by atoms with Gasteiger partial charge in [0.25, 0.3) is 0 Å². The number of nitrogens with one attached hydrogen (secondary N) is 1. The lowest BCUT2D eigenvalue weighted by molar-refractivity contribution is -0.124. The minimum absolute atomic E-state index is 0.0586. The highest BCUT2D eigenvalue weighted by Gasteiger charge is 2.32. The summed E-state index contributed by atoms with van der Waals surface area (Å²) in [6.07, 6.45) is 1.59. The summed E-state index contributed by atoms with van der Waals surface area (Å²) in [6.45, 7) is 7.43. The molecule has 15 heavy (non-hydrogen) atoms. The van der Waals surface area contributed by atoms with Crippen molar-refractivity contribution in [1.29, 1.82) is 0 Å². The first kappa shape index (κ1) is 12.5. The fourth-order valence-corrected chi connectivity index (χ4v) is 1.77. The highest BCUT2D eigenvalue weighted by molar-refractivity contribution is 5.82. The standard InChI is InChI=1S/C11H22N2O2/c1-8(2)6-9(12)10(14)13-11(3)4-5-15-7-11/h8-9H,4-7,12H2,1-3H3,(H,13,14)/t9-,11?/m0/s1. The Labute approximate surface area is 91.5 Å². The Kier molecular flexibility index (Phi) is 4.11. The second-order valence-corrected chi connectivity index (χ2v) is 5.09. The molecule has 1 saturated heterocycles. The first-order valence-corrected chi connectivity index (χ1v) is 5.58. The highest BCUT2D eigenvalue weighted by atomic mass is 16.5. The average molecular weight is 214 g/mol. The molecule has 0 aromatic rings. The van der Waals surface area contributed by atoms with E-state index in [9.17, 15) is 4.79 Å². The van der Waals surface area contributed by atoms with Gasteiger partial charge in [0.05, 0.1) is 18.2 Å². The molecule has 4 heteroatoms. The van der Waals surface area contributed by atoms with Gasteiger partial charge in [0.1, 0.15) is 0 Å². The van der Waals surface area contributed by atoms with Crippen molar-refractivity contribution in [3.05, 3.63) is 0 Å². The van der Waals surface area contributed by atoms with Gasteiger partial charge in [0.2, 0.25) is 5.91 Å². The number of carbonyl (C=O) groups excluding carboxylic acids is 1. The van der Waals surface area contributed by atoms with Crippen LogP contribution in [0.3, 0.4) is 0 Å². The largest absolute Gasteiger partial charge is 0.379 e. The molecular formula is C11H22N2O2. The Morgan fingerprint density at radius 2 is 2.27 bits per heavy atom. The van der Waals surface area contributed by atoms with Crippen molar-refractivity contribution in [3.8, 4) is 0 Å². The van der Waals surface area contributed by atoms with Crippen LogP contribution in [-0.2, 0) is 9.53 Å². The van der Waals surface area contributed by atoms with Crippen LogP contribution in [0.2, 0.25) is 0 Å². The third kappa shape index (κ3) is 3.80. The molecule has 88 valence electrons. The summed E-state index contributed by atoms with van der Waals surface area (Å²) in [4.78, 5) is 11.7. The molecule has 0 saturated carbocycles. The molecule has 2 atom stereocenters. The monoisotopic (exact) mass is 214 g/mol. The minimum atomic E-state index is -0.401. The maximum Gasteiger partial charge on any atom is 0.237 e. The Hall–Kier alpha value is -0.610. The van der Waals surface area contributed by atoms with Gasteiger partial charge in [-0.25, -0.2) is 0 Å². The first-order chi connectivity index (χ1) is 6.93. The Balaban J connectivity index is 2.40. The topological polar surface area (TPSA) is 64.4 Å². The summed E-state index contributed by atoms with van der Waals surface area (Å²) in [5, 5.41) is 2.97. The molecule has 0 radical (unpaired) electrons. The quantitative estimate of drug-likeness (QED) is 0.722. The van der Waals surface area contributed by atoms with Crippen LogP contribution < -0.4 is 11.1 Å². The maximum absolute atomic E-state index is 11.7. The molecule has 0 bridgehead atoms. The van der Waals surface area contributed by atoms with E-state index < -0.39 is 6.04 Å². The first-order valence-electron chi connectivity index (χ1n) is 5.58. The lowest BCUT2D eigenvalue weighted by Gasteiger charge is -2.26. The van der Waals surface area contributed by atoms with Crippen molar-refractivity contribution in [2.24, 2.45) is 11.7 Å². The molecule has 1 unspecified atom stereocenters. The Morgan fingerprint density at radius 3 is 2.73 bits per heavy atom. The van der Waals surface area contributed by atoms with Gasteiger partial charge >= 0.3 is 0 Å². The van der Waals surface area contributed by atoms with Crippen molar-refractivity contribution in [2.45, 2.75) is 45.2 Å². The Bertz CT molecular complexity index is 223. The van der Waals surface area contributed by atoms with Crippen molar-refractivity contribution in [1.82, 2.24) is 5.32 Å². The molecule has 0 aromatic carbocycles. The molecular weight excluding hydrogens is 192 g/mol. The van der Waals surface area contributed by atoms with Gasteiger partial charge < -0.3 is 15.8 Å². The summed E-state index contributed by atoms with van der Waals surface area (Å²) >= 11 is 0. The molecule has 0 aromatic heterocycles. The number of ether oxygens (including phenoxy) is 1. The second kappa shape index (κ2) is 4.94. The maximum atomic E-state index is 11.7. The van der Waals surface area contributed by atoms with Crippen molar-refractivity contribution in [2.75, 3.05) is 13.2 Å². The number of amides is 1. The zero-order chi connectivity index (χ0) is 11.5. The van der Waals surface area contributed by atoms with Gasteiger partial charge in [-0.1, -0.05) is 13.8 Å². The zero-order valence-electron chi connectivity index (χ0n) is 9.88. The molecule has 1 fully saturated rings. The van der Waals surface area contributed by atoms with Crippen molar-refractivity contribution >= 4 is 5.91 Å². The van der Waals surface area contributed by atoms with Crippen LogP contribution >= 0.6 is 0 Å². The Morgan fingerprint density at radius 1 is 1.60 bits per heavy atom. The van der Waals surface area contributed by atoms with Crippen LogP contribution in [0.1, 0.15) is 33.6 Å². The average Bonchev–Trinajstić information content (AvgIpc) is 2.50. The van der Waals surface area contributed by atoms with Crippen LogP contribution in [0.4, 0.5) is 0 Å². The summed E-state index contributed by atoms with van der Waals surface area (Å²) < 4.78 is 5.27. The third-order valence-corrected chi connectivity index (χ3v) is 2.71. The van der Waals surface area contributed by atoms with Crippen LogP contribution in [0.25, 0.3) is 0 Å². The van der Waals surface area contributed by atoms with Crippen LogP contribution in [-0.4, -0.2) is 30.7 Å². The second-order valence-electron chi connectivity index (χ2n) is 5.09. The summed E-state index contributed by atoms with van der Waals surface area (Å²) in [6, 6.07) is -0.401. The van der Waals surface area contributed by atoms with E-state index in [1.54, 1.807) is 0 Å². The molecule has 0 aliphatic carbocycles. The highest BCUT2D eigenvalue weighted by Crippen LogP contribution is 2.17. The van der Waals surface area contributed by atoms with E-state index in [4.69, 9.17) is 10.5 Å². The van der Waals surface area contributed by atoms with Crippen molar-refractivity contribution in [3.63, 3.8) is 0 Å². The van der Waals surface area contributed by atoms with Crippen LogP contribution in [0.5, 0.6) is 0 Å². The lowest BCUT2D eigenvalue weighted by Crippen LogP contribution is -2.52. The third-order valence-electron chi connectivity index (χ3n) is 2.71. The predicted molar refractivity (Wildman–Crippen MR) is 59.4 cm³/mol. The SMILES string of the molecule is CC(C)C[C@H](N)C(=O)NC1(C)CCOC1. The molecule has 1 aliphatic heterocycles. The van der Waals surface area contributed by atoms with E-state index in [0.717, 1.165) is 19.4 Å². The summed E-state index contributed by atoms with van der Waals surface area (Å²) in [5.74, 6) is 0.384. The van der Waals surface area contributed by atoms with Crippen LogP contribution in [0.15, 0.2) is 0 Å². The minimum Gasteiger partial charge on any atom is -0.379 e. The fourth-order valence-electron chi connectivity index (χ4n) is 1.77.